The molecule has 0 heterocycles. The van der Waals surface area contributed by atoms with Crippen molar-refractivity contribution in [2.75, 3.05) is 4.72 Å². The Labute approximate surface area is 125 Å². The maximum Gasteiger partial charge on any atom is 0.262 e. The molecule has 2 aromatic carbocycles. The molecule has 0 radical (unpaired) electrons. The minimum atomic E-state index is -3.64. The van der Waals surface area contributed by atoms with E-state index in [9.17, 15) is 13.5 Å². The lowest BCUT2D eigenvalue weighted by atomic mass is 10.1. The van der Waals surface area contributed by atoms with E-state index in [-0.39, 0.29) is 10.6 Å². The summed E-state index contributed by atoms with van der Waals surface area (Å²) in [5.74, 6) is 0.155. The standard InChI is InChI=1S/C16H19NO3S/c1-10-5-6-16(13(4)7-10)21(19,20)17-14-8-12(3)15(18)9-11(14)2/h5-9,17-18H,1-4H3. The van der Waals surface area contributed by atoms with E-state index in [0.717, 1.165) is 5.56 Å². The third-order valence-corrected chi connectivity index (χ3v) is 4.93. The maximum atomic E-state index is 12.5. The predicted molar refractivity (Wildman–Crippen MR) is 84.3 cm³/mol. The van der Waals surface area contributed by atoms with Crippen molar-refractivity contribution in [3.05, 3.63) is 52.6 Å². The molecule has 2 N–H and O–H groups in total. The fourth-order valence-corrected chi connectivity index (χ4v) is 3.56. The van der Waals surface area contributed by atoms with Crippen molar-refractivity contribution in [1.29, 1.82) is 0 Å². The number of phenols is 1. The lowest BCUT2D eigenvalue weighted by Crippen LogP contribution is -2.15. The van der Waals surface area contributed by atoms with Gasteiger partial charge in [0.1, 0.15) is 5.75 Å². The number of hydrogen-bond donors (Lipinski definition) is 2. The third kappa shape index (κ3) is 3.19. The topological polar surface area (TPSA) is 66.4 Å². The van der Waals surface area contributed by atoms with Crippen LogP contribution in [-0.4, -0.2) is 13.5 Å². The highest BCUT2D eigenvalue weighted by Gasteiger charge is 2.18. The number of anilines is 1. The number of nitrogens with one attached hydrogen (secondary N) is 1. The van der Waals surface area contributed by atoms with E-state index in [1.54, 1.807) is 45.0 Å². The fourth-order valence-electron chi connectivity index (χ4n) is 2.21. The highest BCUT2D eigenvalue weighted by molar-refractivity contribution is 7.92. The van der Waals surface area contributed by atoms with Crippen molar-refractivity contribution in [2.24, 2.45) is 0 Å². The number of rotatable bonds is 3. The van der Waals surface area contributed by atoms with Crippen LogP contribution in [0.25, 0.3) is 0 Å². The van der Waals surface area contributed by atoms with E-state index in [1.807, 2.05) is 13.0 Å². The summed E-state index contributed by atoms with van der Waals surface area (Å²) in [6, 6.07) is 8.40. The summed E-state index contributed by atoms with van der Waals surface area (Å²) in [6.07, 6.45) is 0. The smallest absolute Gasteiger partial charge is 0.262 e. The zero-order chi connectivity index (χ0) is 15.8. The molecule has 0 aromatic heterocycles. The Balaban J connectivity index is 2.45. The molecular weight excluding hydrogens is 286 g/mol. The van der Waals surface area contributed by atoms with Crippen molar-refractivity contribution < 1.29 is 13.5 Å². The molecule has 0 unspecified atom stereocenters. The summed E-state index contributed by atoms with van der Waals surface area (Å²) >= 11 is 0. The van der Waals surface area contributed by atoms with Gasteiger partial charge in [0, 0.05) is 0 Å². The van der Waals surface area contributed by atoms with Crippen LogP contribution in [0.2, 0.25) is 0 Å². The van der Waals surface area contributed by atoms with Crippen LogP contribution in [0, 0.1) is 27.7 Å². The van der Waals surface area contributed by atoms with E-state index in [1.165, 1.54) is 0 Å². The summed E-state index contributed by atoms with van der Waals surface area (Å²) in [5, 5.41) is 9.64. The van der Waals surface area contributed by atoms with Gasteiger partial charge in [-0.3, -0.25) is 4.72 Å². The molecule has 0 aliphatic carbocycles. The first-order chi connectivity index (χ1) is 9.70. The van der Waals surface area contributed by atoms with Gasteiger partial charge in [-0.2, -0.15) is 0 Å². The lowest BCUT2D eigenvalue weighted by Gasteiger charge is -2.14. The summed E-state index contributed by atoms with van der Waals surface area (Å²) in [6.45, 7) is 7.17. The fraction of sp³-hybridized carbons (Fsp3) is 0.250. The lowest BCUT2D eigenvalue weighted by molar-refractivity contribution is 0.471. The SMILES string of the molecule is Cc1ccc(S(=O)(=O)Nc2cc(C)c(O)cc2C)c(C)c1. The second-order valence-corrected chi connectivity index (χ2v) is 6.98. The van der Waals surface area contributed by atoms with E-state index in [2.05, 4.69) is 4.72 Å². The quantitative estimate of drug-likeness (QED) is 0.854. The minimum Gasteiger partial charge on any atom is -0.508 e. The van der Waals surface area contributed by atoms with Crippen molar-refractivity contribution in [3.63, 3.8) is 0 Å². The van der Waals surface area contributed by atoms with Gasteiger partial charge in [-0.15, -0.1) is 0 Å². The summed E-state index contributed by atoms with van der Waals surface area (Å²) in [5.41, 5.74) is 3.49. The number of aryl methyl sites for hydroxylation is 4. The zero-order valence-electron chi connectivity index (χ0n) is 12.6. The van der Waals surface area contributed by atoms with Gasteiger partial charge in [-0.25, -0.2) is 8.42 Å². The Morgan fingerprint density at radius 3 is 2.19 bits per heavy atom. The van der Waals surface area contributed by atoms with Crippen LogP contribution in [0.1, 0.15) is 22.3 Å². The molecule has 21 heavy (non-hydrogen) atoms. The van der Waals surface area contributed by atoms with E-state index in [4.69, 9.17) is 0 Å². The van der Waals surface area contributed by atoms with Crippen LogP contribution in [0.15, 0.2) is 35.2 Å². The molecular formula is C16H19NO3S. The number of aromatic hydroxyl groups is 1. The minimum absolute atomic E-state index is 0.155. The van der Waals surface area contributed by atoms with Gasteiger partial charge in [0.15, 0.2) is 0 Å². The van der Waals surface area contributed by atoms with Gasteiger partial charge in [-0.05, 0) is 62.6 Å². The molecule has 4 nitrogen and oxygen atoms in total. The number of benzene rings is 2. The molecule has 0 amide bonds. The number of sulfonamides is 1. The highest BCUT2D eigenvalue weighted by atomic mass is 32.2. The molecule has 0 saturated heterocycles. The second kappa shape index (κ2) is 5.41. The van der Waals surface area contributed by atoms with Crippen molar-refractivity contribution in [1.82, 2.24) is 0 Å². The monoisotopic (exact) mass is 305 g/mol. The highest BCUT2D eigenvalue weighted by Crippen LogP contribution is 2.27. The Morgan fingerprint density at radius 2 is 1.57 bits per heavy atom. The Kier molecular flexibility index (Phi) is 3.96. The zero-order valence-corrected chi connectivity index (χ0v) is 13.4. The van der Waals surface area contributed by atoms with Crippen LogP contribution >= 0.6 is 0 Å². The molecule has 0 atom stereocenters. The molecule has 5 heteroatoms. The van der Waals surface area contributed by atoms with Crippen molar-refractivity contribution in [3.8, 4) is 5.75 Å². The van der Waals surface area contributed by atoms with E-state index >= 15 is 0 Å². The molecule has 0 aliphatic rings. The first-order valence-corrected chi connectivity index (χ1v) is 8.09. The Hall–Kier alpha value is -2.01. The first-order valence-electron chi connectivity index (χ1n) is 6.61. The average Bonchev–Trinajstić information content (AvgIpc) is 2.35. The molecule has 0 bridgehead atoms. The van der Waals surface area contributed by atoms with Gasteiger partial charge < -0.3 is 5.11 Å². The summed E-state index contributed by atoms with van der Waals surface area (Å²) in [4.78, 5) is 0.262. The Morgan fingerprint density at radius 1 is 0.905 bits per heavy atom. The molecule has 0 fully saturated rings. The maximum absolute atomic E-state index is 12.5. The molecule has 0 saturated carbocycles. The van der Waals surface area contributed by atoms with Crippen LogP contribution < -0.4 is 4.72 Å². The summed E-state index contributed by atoms with van der Waals surface area (Å²) < 4.78 is 27.6. The van der Waals surface area contributed by atoms with Gasteiger partial charge >= 0.3 is 0 Å². The number of phenolic OH excluding ortho intramolecular Hbond substituents is 1. The third-order valence-electron chi connectivity index (χ3n) is 3.41. The second-order valence-electron chi connectivity index (χ2n) is 5.33. The molecule has 0 aliphatic heterocycles. The molecule has 112 valence electrons. The van der Waals surface area contributed by atoms with Crippen LogP contribution in [-0.2, 0) is 10.0 Å². The van der Waals surface area contributed by atoms with Crippen LogP contribution in [0.4, 0.5) is 5.69 Å². The van der Waals surface area contributed by atoms with Crippen LogP contribution in [0.5, 0.6) is 5.75 Å². The van der Waals surface area contributed by atoms with Gasteiger partial charge in [0.05, 0.1) is 10.6 Å². The molecule has 2 rings (SSSR count). The predicted octanol–water partition coefficient (Wildman–Crippen LogP) is 3.43. The van der Waals surface area contributed by atoms with Crippen molar-refractivity contribution in [2.45, 2.75) is 32.6 Å². The first kappa shape index (κ1) is 15.4. The van der Waals surface area contributed by atoms with Gasteiger partial charge in [-0.1, -0.05) is 17.7 Å². The molecule has 2 aromatic rings. The van der Waals surface area contributed by atoms with E-state index < -0.39 is 10.0 Å². The van der Waals surface area contributed by atoms with Crippen molar-refractivity contribution >= 4 is 15.7 Å². The Bertz CT molecular complexity index is 795. The normalized spacial score (nSPS) is 11.4. The largest absolute Gasteiger partial charge is 0.508 e. The summed E-state index contributed by atoms with van der Waals surface area (Å²) in [7, 11) is -3.64. The molecule has 0 spiro atoms. The van der Waals surface area contributed by atoms with Gasteiger partial charge in [0.2, 0.25) is 0 Å². The van der Waals surface area contributed by atoms with E-state index in [0.29, 0.717) is 22.4 Å². The van der Waals surface area contributed by atoms with Crippen LogP contribution in [0.3, 0.4) is 0 Å². The average molecular weight is 305 g/mol. The van der Waals surface area contributed by atoms with Gasteiger partial charge in [0.25, 0.3) is 10.0 Å². The number of hydrogen-bond acceptors (Lipinski definition) is 3.